The molecule has 10 heteroatoms. The van der Waals surface area contributed by atoms with Crippen molar-refractivity contribution in [2.45, 2.75) is 63.7 Å². The molecule has 2 aliphatic rings. The van der Waals surface area contributed by atoms with Crippen LogP contribution in [0.1, 0.15) is 39.5 Å². The van der Waals surface area contributed by atoms with Gasteiger partial charge in [-0.25, -0.2) is 4.79 Å². The average Bonchev–Trinajstić information content (AvgIpc) is 3.34. The highest BCUT2D eigenvalue weighted by Crippen LogP contribution is 2.20. The van der Waals surface area contributed by atoms with Gasteiger partial charge in [-0.2, -0.15) is 12.6 Å². The highest BCUT2D eigenvalue weighted by atomic mass is 32.1. The van der Waals surface area contributed by atoms with Crippen molar-refractivity contribution in [1.29, 1.82) is 0 Å². The van der Waals surface area contributed by atoms with Gasteiger partial charge in [-0.15, -0.1) is 0 Å². The van der Waals surface area contributed by atoms with Crippen molar-refractivity contribution in [3.05, 3.63) is 0 Å². The van der Waals surface area contributed by atoms with E-state index in [-0.39, 0.29) is 29.5 Å². The van der Waals surface area contributed by atoms with Gasteiger partial charge in [0.25, 0.3) is 0 Å². The lowest BCUT2D eigenvalue weighted by Crippen LogP contribution is -2.57. The summed E-state index contributed by atoms with van der Waals surface area (Å²) in [7, 11) is 0. The Morgan fingerprint density at radius 2 is 1.86 bits per heavy atom. The van der Waals surface area contributed by atoms with Crippen molar-refractivity contribution in [3.8, 4) is 0 Å². The molecule has 9 nitrogen and oxygen atoms in total. The molecule has 0 bridgehead atoms. The standard InChI is InChI=1S/C18H30N4O5S/c1-10(2)14(18(26)27)21-16(24)13-6-4-8-22(13)17(25)12(9-28)20-15(23)11-5-3-7-19-11/h10-14,19,28H,3-9H2,1-2H3,(H,20,23)(H,21,24)(H,26,27). The summed E-state index contributed by atoms with van der Waals surface area (Å²) in [5.41, 5.74) is 0. The first-order chi connectivity index (χ1) is 13.3. The van der Waals surface area contributed by atoms with Crippen LogP contribution in [-0.2, 0) is 19.2 Å². The van der Waals surface area contributed by atoms with Crippen molar-refractivity contribution in [2.75, 3.05) is 18.8 Å². The third-order valence-electron chi connectivity index (χ3n) is 5.24. The van der Waals surface area contributed by atoms with Crippen molar-refractivity contribution in [1.82, 2.24) is 20.9 Å². The number of amides is 3. The molecule has 0 aromatic rings. The fourth-order valence-corrected chi connectivity index (χ4v) is 3.88. The van der Waals surface area contributed by atoms with E-state index in [0.717, 1.165) is 19.4 Å². The number of carbonyl (C=O) groups is 4. The highest BCUT2D eigenvalue weighted by molar-refractivity contribution is 7.80. The van der Waals surface area contributed by atoms with Gasteiger partial charge in [-0.3, -0.25) is 14.4 Å². The quantitative estimate of drug-likeness (QED) is 0.337. The van der Waals surface area contributed by atoms with E-state index in [1.54, 1.807) is 13.8 Å². The number of rotatable bonds is 8. The largest absolute Gasteiger partial charge is 0.480 e. The van der Waals surface area contributed by atoms with Gasteiger partial charge in [0.1, 0.15) is 18.1 Å². The van der Waals surface area contributed by atoms with Gasteiger partial charge >= 0.3 is 5.97 Å². The van der Waals surface area contributed by atoms with Crippen LogP contribution in [0, 0.1) is 5.92 Å². The molecule has 2 fully saturated rings. The summed E-state index contributed by atoms with van der Waals surface area (Å²) in [6.45, 7) is 4.57. The number of thiol groups is 1. The van der Waals surface area contributed by atoms with E-state index >= 15 is 0 Å². The van der Waals surface area contributed by atoms with Gasteiger partial charge in [0, 0.05) is 12.3 Å². The monoisotopic (exact) mass is 414 g/mol. The van der Waals surface area contributed by atoms with Gasteiger partial charge in [-0.05, 0) is 38.1 Å². The van der Waals surface area contributed by atoms with E-state index in [9.17, 15) is 24.3 Å². The van der Waals surface area contributed by atoms with Crippen molar-refractivity contribution in [3.63, 3.8) is 0 Å². The fourth-order valence-electron chi connectivity index (χ4n) is 3.63. The molecule has 4 N–H and O–H groups in total. The minimum Gasteiger partial charge on any atom is -0.480 e. The second-order valence-corrected chi connectivity index (χ2v) is 8.02. The number of hydrogen-bond donors (Lipinski definition) is 5. The van der Waals surface area contributed by atoms with Gasteiger partial charge in [0.05, 0.1) is 6.04 Å². The number of hydrogen-bond acceptors (Lipinski definition) is 6. The predicted molar refractivity (Wildman–Crippen MR) is 106 cm³/mol. The smallest absolute Gasteiger partial charge is 0.326 e. The number of aliphatic carboxylic acids is 1. The molecule has 158 valence electrons. The Bertz CT molecular complexity index is 609. The molecular formula is C18H30N4O5S. The molecule has 2 rings (SSSR count). The lowest BCUT2D eigenvalue weighted by atomic mass is 10.0. The molecule has 0 aliphatic carbocycles. The fraction of sp³-hybridized carbons (Fsp3) is 0.778. The van der Waals surface area contributed by atoms with Crippen LogP contribution >= 0.6 is 12.6 Å². The molecular weight excluding hydrogens is 384 g/mol. The van der Waals surface area contributed by atoms with Crippen LogP contribution in [0.4, 0.5) is 0 Å². The van der Waals surface area contributed by atoms with Crippen LogP contribution in [-0.4, -0.2) is 76.7 Å². The van der Waals surface area contributed by atoms with Crippen LogP contribution in [0.2, 0.25) is 0 Å². The topological polar surface area (TPSA) is 128 Å². The maximum atomic E-state index is 12.9. The van der Waals surface area contributed by atoms with E-state index in [1.807, 2.05) is 0 Å². The summed E-state index contributed by atoms with van der Waals surface area (Å²) in [6, 6.07) is -2.89. The summed E-state index contributed by atoms with van der Waals surface area (Å²) in [4.78, 5) is 50.7. The predicted octanol–water partition coefficient (Wildman–Crippen LogP) is -0.631. The zero-order valence-corrected chi connectivity index (χ0v) is 17.2. The van der Waals surface area contributed by atoms with Crippen LogP contribution in [0.15, 0.2) is 0 Å². The first-order valence-electron chi connectivity index (χ1n) is 9.74. The summed E-state index contributed by atoms with van der Waals surface area (Å²) in [6.07, 6.45) is 2.73. The van der Waals surface area contributed by atoms with Crippen molar-refractivity contribution in [2.24, 2.45) is 5.92 Å². The summed E-state index contributed by atoms with van der Waals surface area (Å²) in [5.74, 6) is -2.36. The molecule has 2 aliphatic heterocycles. The van der Waals surface area contributed by atoms with E-state index in [4.69, 9.17) is 0 Å². The Morgan fingerprint density at radius 1 is 1.14 bits per heavy atom. The van der Waals surface area contributed by atoms with E-state index < -0.39 is 30.0 Å². The minimum atomic E-state index is -1.11. The zero-order valence-electron chi connectivity index (χ0n) is 16.3. The zero-order chi connectivity index (χ0) is 20.8. The number of carbonyl (C=O) groups excluding carboxylic acids is 3. The second-order valence-electron chi connectivity index (χ2n) is 7.65. The van der Waals surface area contributed by atoms with Crippen LogP contribution < -0.4 is 16.0 Å². The van der Waals surface area contributed by atoms with E-state index in [0.29, 0.717) is 19.4 Å². The van der Waals surface area contributed by atoms with Gasteiger partial charge in [-0.1, -0.05) is 13.8 Å². The molecule has 0 aromatic heterocycles. The Morgan fingerprint density at radius 3 is 2.39 bits per heavy atom. The highest BCUT2D eigenvalue weighted by Gasteiger charge is 2.39. The molecule has 4 unspecified atom stereocenters. The lowest BCUT2D eigenvalue weighted by molar-refractivity contribution is -0.145. The Labute approximate surface area is 170 Å². The lowest BCUT2D eigenvalue weighted by Gasteiger charge is -2.29. The van der Waals surface area contributed by atoms with Crippen molar-refractivity contribution < 1.29 is 24.3 Å². The van der Waals surface area contributed by atoms with Crippen LogP contribution in [0.25, 0.3) is 0 Å². The molecule has 4 atom stereocenters. The van der Waals surface area contributed by atoms with Crippen molar-refractivity contribution >= 4 is 36.3 Å². The molecule has 2 heterocycles. The first kappa shape index (κ1) is 22.5. The molecule has 0 spiro atoms. The van der Waals surface area contributed by atoms with Gasteiger partial charge in [0.2, 0.25) is 17.7 Å². The maximum Gasteiger partial charge on any atom is 0.326 e. The summed E-state index contributed by atoms with van der Waals surface area (Å²) < 4.78 is 0. The number of nitrogens with one attached hydrogen (secondary N) is 3. The molecule has 28 heavy (non-hydrogen) atoms. The Balaban J connectivity index is 2.02. The summed E-state index contributed by atoms with van der Waals surface area (Å²) in [5, 5.41) is 17.6. The number of carboxylic acid groups (broad SMARTS) is 1. The molecule has 0 saturated carbocycles. The molecule has 0 aromatic carbocycles. The average molecular weight is 415 g/mol. The SMILES string of the molecule is CC(C)C(NC(=O)C1CCCN1C(=O)C(CS)NC(=O)C1CCCN1)C(=O)O. The first-order valence-corrected chi connectivity index (χ1v) is 10.4. The Hall–Kier alpha value is -1.81. The van der Waals surface area contributed by atoms with Gasteiger partial charge < -0.3 is 26.0 Å². The molecule has 2 saturated heterocycles. The molecule has 3 amide bonds. The third kappa shape index (κ3) is 5.38. The van der Waals surface area contributed by atoms with Crippen LogP contribution in [0.3, 0.4) is 0 Å². The minimum absolute atomic E-state index is 0.117. The van der Waals surface area contributed by atoms with Crippen LogP contribution in [0.5, 0.6) is 0 Å². The number of likely N-dealkylation sites (tertiary alicyclic amines) is 1. The normalized spacial score (nSPS) is 24.1. The summed E-state index contributed by atoms with van der Waals surface area (Å²) >= 11 is 4.19. The maximum absolute atomic E-state index is 12.9. The van der Waals surface area contributed by atoms with E-state index in [1.165, 1.54) is 4.90 Å². The second kappa shape index (κ2) is 10.1. The number of nitrogens with zero attached hydrogens (tertiary/aromatic N) is 1. The molecule has 0 radical (unpaired) electrons. The Kier molecular flexibility index (Phi) is 8.11. The third-order valence-corrected chi connectivity index (χ3v) is 5.61. The number of carboxylic acids is 1. The van der Waals surface area contributed by atoms with Gasteiger partial charge in [0.15, 0.2) is 0 Å². The van der Waals surface area contributed by atoms with E-state index in [2.05, 4.69) is 28.6 Å².